The number of carbonyl (C=O) groups excluding carboxylic acids is 1. The van der Waals surface area contributed by atoms with Crippen LogP contribution in [0.5, 0.6) is 0 Å². The molecule has 1 fully saturated rings. The van der Waals surface area contributed by atoms with E-state index in [1.165, 1.54) is 29.6 Å². The van der Waals surface area contributed by atoms with Crippen LogP contribution in [0, 0.1) is 0 Å². The van der Waals surface area contributed by atoms with E-state index in [2.05, 4.69) is 4.74 Å². The van der Waals surface area contributed by atoms with Gasteiger partial charge < -0.3 is 4.74 Å². The van der Waals surface area contributed by atoms with Crippen LogP contribution in [0.2, 0.25) is 5.02 Å². The van der Waals surface area contributed by atoms with Crippen molar-refractivity contribution in [1.29, 1.82) is 0 Å². The summed E-state index contributed by atoms with van der Waals surface area (Å²) in [4.78, 5) is 11.4. The van der Waals surface area contributed by atoms with Crippen LogP contribution in [0.3, 0.4) is 0 Å². The molecular formula is C12H14ClNO4S. The van der Waals surface area contributed by atoms with Crippen molar-refractivity contribution < 1.29 is 17.9 Å². The fourth-order valence-corrected chi connectivity index (χ4v) is 4.06. The lowest BCUT2D eigenvalue weighted by atomic mass is 10.2. The van der Waals surface area contributed by atoms with Gasteiger partial charge in [0.05, 0.1) is 17.7 Å². The topological polar surface area (TPSA) is 63.7 Å². The van der Waals surface area contributed by atoms with Crippen molar-refractivity contribution in [3.63, 3.8) is 0 Å². The number of rotatable bonds is 3. The van der Waals surface area contributed by atoms with Gasteiger partial charge in [-0.2, -0.15) is 4.31 Å². The second-order valence-electron chi connectivity index (χ2n) is 4.25. The normalized spacial score (nSPS) is 16.5. The number of carbonyl (C=O) groups is 1. The summed E-state index contributed by atoms with van der Waals surface area (Å²) in [5.41, 5.74) is 0.230. The Labute approximate surface area is 117 Å². The van der Waals surface area contributed by atoms with E-state index in [1.807, 2.05) is 0 Å². The molecule has 5 nitrogen and oxygen atoms in total. The second-order valence-corrected chi connectivity index (χ2v) is 6.56. The Balaban J connectivity index is 2.38. The zero-order chi connectivity index (χ0) is 14.0. The summed E-state index contributed by atoms with van der Waals surface area (Å²) < 4.78 is 30.6. The van der Waals surface area contributed by atoms with E-state index in [-0.39, 0.29) is 15.5 Å². The maximum Gasteiger partial charge on any atom is 0.337 e. The maximum atomic E-state index is 12.3. The Hall–Kier alpha value is -1.11. The quantitative estimate of drug-likeness (QED) is 0.800. The van der Waals surface area contributed by atoms with Crippen molar-refractivity contribution in [3.05, 3.63) is 28.8 Å². The van der Waals surface area contributed by atoms with E-state index >= 15 is 0 Å². The summed E-state index contributed by atoms with van der Waals surface area (Å²) in [5.74, 6) is -0.549. The zero-order valence-corrected chi connectivity index (χ0v) is 12.0. The third-order valence-corrected chi connectivity index (χ3v) is 5.42. The molecule has 1 aliphatic rings. The van der Waals surface area contributed by atoms with Gasteiger partial charge in [-0.15, -0.1) is 0 Å². The van der Waals surface area contributed by atoms with Gasteiger partial charge in [0.1, 0.15) is 4.90 Å². The van der Waals surface area contributed by atoms with Crippen molar-refractivity contribution >= 4 is 27.6 Å². The van der Waals surface area contributed by atoms with Crippen LogP contribution in [-0.4, -0.2) is 38.9 Å². The second kappa shape index (κ2) is 5.48. The first-order chi connectivity index (χ1) is 8.96. The average molecular weight is 304 g/mol. The van der Waals surface area contributed by atoms with Crippen LogP contribution in [0.15, 0.2) is 23.1 Å². The lowest BCUT2D eigenvalue weighted by molar-refractivity contribution is 0.0600. The van der Waals surface area contributed by atoms with Gasteiger partial charge in [0.2, 0.25) is 10.0 Å². The van der Waals surface area contributed by atoms with Crippen molar-refractivity contribution in [2.75, 3.05) is 20.2 Å². The van der Waals surface area contributed by atoms with Crippen molar-refractivity contribution in [3.8, 4) is 0 Å². The molecule has 7 heteroatoms. The van der Waals surface area contributed by atoms with Gasteiger partial charge >= 0.3 is 5.97 Å². The smallest absolute Gasteiger partial charge is 0.337 e. The highest BCUT2D eigenvalue weighted by atomic mass is 35.5. The Morgan fingerprint density at radius 3 is 2.47 bits per heavy atom. The van der Waals surface area contributed by atoms with Crippen LogP contribution < -0.4 is 0 Å². The van der Waals surface area contributed by atoms with E-state index in [0.29, 0.717) is 13.1 Å². The van der Waals surface area contributed by atoms with E-state index in [4.69, 9.17) is 11.6 Å². The summed E-state index contributed by atoms with van der Waals surface area (Å²) in [7, 11) is -2.31. The van der Waals surface area contributed by atoms with Crippen LogP contribution in [0.25, 0.3) is 0 Å². The van der Waals surface area contributed by atoms with Gasteiger partial charge in [0.15, 0.2) is 0 Å². The minimum atomic E-state index is -3.57. The molecule has 1 aliphatic heterocycles. The maximum absolute atomic E-state index is 12.3. The van der Waals surface area contributed by atoms with Crippen LogP contribution in [-0.2, 0) is 14.8 Å². The summed E-state index contributed by atoms with van der Waals surface area (Å²) in [6.07, 6.45) is 1.72. The molecule has 0 unspecified atom stereocenters. The van der Waals surface area contributed by atoms with Crippen LogP contribution >= 0.6 is 11.6 Å². The third-order valence-electron chi connectivity index (χ3n) is 3.04. The molecule has 104 valence electrons. The minimum absolute atomic E-state index is 0.0312. The van der Waals surface area contributed by atoms with Crippen LogP contribution in [0.1, 0.15) is 23.2 Å². The van der Waals surface area contributed by atoms with Crippen molar-refractivity contribution in [2.45, 2.75) is 17.7 Å². The van der Waals surface area contributed by atoms with Gasteiger partial charge in [-0.25, -0.2) is 13.2 Å². The first-order valence-electron chi connectivity index (χ1n) is 5.85. The average Bonchev–Trinajstić information content (AvgIpc) is 2.91. The first-order valence-corrected chi connectivity index (χ1v) is 7.66. The predicted molar refractivity (Wildman–Crippen MR) is 70.8 cm³/mol. The van der Waals surface area contributed by atoms with Crippen molar-refractivity contribution in [1.82, 2.24) is 4.31 Å². The highest BCUT2D eigenvalue weighted by Gasteiger charge is 2.29. The fraction of sp³-hybridized carbons (Fsp3) is 0.417. The van der Waals surface area contributed by atoms with Crippen molar-refractivity contribution in [2.24, 2.45) is 0 Å². The molecule has 0 atom stereocenters. The molecule has 1 aromatic rings. The van der Waals surface area contributed by atoms with E-state index in [0.717, 1.165) is 12.8 Å². The summed E-state index contributed by atoms with van der Waals surface area (Å²) in [6.45, 7) is 1.02. The number of sulfonamides is 1. The summed E-state index contributed by atoms with van der Waals surface area (Å²) >= 11 is 5.98. The molecular weight excluding hydrogens is 290 g/mol. The Bertz CT molecular complexity index is 594. The number of methoxy groups -OCH3 is 1. The van der Waals surface area contributed by atoms with Gasteiger partial charge in [-0.05, 0) is 31.0 Å². The molecule has 19 heavy (non-hydrogen) atoms. The lowest BCUT2D eigenvalue weighted by Crippen LogP contribution is -2.28. The predicted octanol–water partition coefficient (Wildman–Crippen LogP) is 1.91. The number of esters is 1. The monoisotopic (exact) mass is 303 g/mol. The summed E-state index contributed by atoms with van der Waals surface area (Å²) in [5, 5.41) is 0.0369. The molecule has 0 bridgehead atoms. The number of ether oxygens (including phenoxy) is 1. The standard InChI is InChI=1S/C12H14ClNO4S/c1-18-12(15)9-4-5-11(10(13)8-9)19(16,17)14-6-2-3-7-14/h4-5,8H,2-3,6-7H2,1H3. The van der Waals surface area contributed by atoms with E-state index in [9.17, 15) is 13.2 Å². The molecule has 0 saturated carbocycles. The molecule has 2 rings (SSSR count). The summed E-state index contributed by atoms with van der Waals surface area (Å²) in [6, 6.07) is 4.07. The molecule has 0 spiro atoms. The molecule has 0 aromatic heterocycles. The highest BCUT2D eigenvalue weighted by molar-refractivity contribution is 7.89. The molecule has 0 aliphatic carbocycles. The SMILES string of the molecule is COC(=O)c1ccc(S(=O)(=O)N2CCCC2)c(Cl)c1. The van der Waals surface area contributed by atoms with Gasteiger partial charge in [-0.1, -0.05) is 11.6 Å². The Kier molecular flexibility index (Phi) is 4.13. The van der Waals surface area contributed by atoms with Gasteiger partial charge in [0, 0.05) is 13.1 Å². The molecule has 0 amide bonds. The number of hydrogen-bond donors (Lipinski definition) is 0. The van der Waals surface area contributed by atoms with E-state index in [1.54, 1.807) is 0 Å². The van der Waals surface area contributed by atoms with Crippen LogP contribution in [0.4, 0.5) is 0 Å². The lowest BCUT2D eigenvalue weighted by Gasteiger charge is -2.16. The largest absolute Gasteiger partial charge is 0.465 e. The molecule has 0 N–H and O–H groups in total. The number of nitrogens with zero attached hydrogens (tertiary/aromatic N) is 1. The molecule has 1 saturated heterocycles. The zero-order valence-electron chi connectivity index (χ0n) is 10.4. The Morgan fingerprint density at radius 2 is 1.95 bits per heavy atom. The number of benzene rings is 1. The first kappa shape index (κ1) is 14.3. The minimum Gasteiger partial charge on any atom is -0.465 e. The molecule has 1 heterocycles. The van der Waals surface area contributed by atoms with E-state index < -0.39 is 16.0 Å². The highest BCUT2D eigenvalue weighted by Crippen LogP contribution is 2.28. The van der Waals surface area contributed by atoms with Gasteiger partial charge in [-0.3, -0.25) is 0 Å². The van der Waals surface area contributed by atoms with Gasteiger partial charge in [0.25, 0.3) is 0 Å². The number of halogens is 1. The molecule has 1 aromatic carbocycles. The third kappa shape index (κ3) is 2.75. The number of hydrogen-bond acceptors (Lipinski definition) is 4. The Morgan fingerprint density at radius 1 is 1.32 bits per heavy atom. The fourth-order valence-electron chi connectivity index (χ4n) is 2.02. The molecule has 0 radical (unpaired) electrons.